The van der Waals surface area contributed by atoms with Crippen LogP contribution in [-0.4, -0.2) is 50.3 Å². The first kappa shape index (κ1) is 19.4. The van der Waals surface area contributed by atoms with Crippen molar-refractivity contribution >= 4 is 22.9 Å². The zero-order chi connectivity index (χ0) is 19.3. The van der Waals surface area contributed by atoms with Gasteiger partial charge in [0.25, 0.3) is 0 Å². The van der Waals surface area contributed by atoms with Gasteiger partial charge in [-0.25, -0.2) is 0 Å². The van der Waals surface area contributed by atoms with Crippen LogP contribution < -0.4 is 9.64 Å². The number of carbonyl (C=O) groups excluding carboxylic acids is 1. The third kappa shape index (κ3) is 4.57. The Morgan fingerprint density at radius 1 is 1.36 bits per heavy atom. The van der Waals surface area contributed by atoms with Crippen LogP contribution in [-0.2, 0) is 22.5 Å². The molecule has 0 radical (unpaired) electrons. The van der Waals surface area contributed by atoms with Crippen LogP contribution in [0, 0.1) is 0 Å². The summed E-state index contributed by atoms with van der Waals surface area (Å²) >= 11 is 1.74. The van der Waals surface area contributed by atoms with Gasteiger partial charge < -0.3 is 14.4 Å². The number of anilines is 1. The van der Waals surface area contributed by atoms with Gasteiger partial charge in [-0.3, -0.25) is 9.69 Å². The Balaban J connectivity index is 1.47. The average Bonchev–Trinajstić information content (AvgIpc) is 3.41. The van der Waals surface area contributed by atoms with Gasteiger partial charge in [-0.15, -0.1) is 11.3 Å². The van der Waals surface area contributed by atoms with Crippen LogP contribution in [0.2, 0.25) is 0 Å². The predicted molar refractivity (Wildman–Crippen MR) is 112 cm³/mol. The molecule has 5 nitrogen and oxygen atoms in total. The van der Waals surface area contributed by atoms with Gasteiger partial charge >= 0.3 is 0 Å². The van der Waals surface area contributed by atoms with Crippen LogP contribution in [0.1, 0.15) is 29.7 Å². The lowest BCUT2D eigenvalue weighted by atomic mass is 10.0. The second-order valence-corrected chi connectivity index (χ2v) is 8.56. The van der Waals surface area contributed by atoms with Crippen molar-refractivity contribution in [2.45, 2.75) is 38.3 Å². The molecule has 4 rings (SSSR count). The number of hydrogen-bond acceptors (Lipinski definition) is 5. The van der Waals surface area contributed by atoms with Crippen molar-refractivity contribution in [2.24, 2.45) is 0 Å². The molecule has 2 aliphatic heterocycles. The number of ether oxygens (including phenoxy) is 2. The fourth-order valence-electron chi connectivity index (χ4n) is 4.12. The molecule has 1 unspecified atom stereocenters. The summed E-state index contributed by atoms with van der Waals surface area (Å²) in [5.74, 6) is 1.02. The van der Waals surface area contributed by atoms with Gasteiger partial charge in [0.05, 0.1) is 19.8 Å². The highest BCUT2D eigenvalue weighted by molar-refractivity contribution is 7.09. The van der Waals surface area contributed by atoms with Crippen LogP contribution in [0.4, 0.5) is 5.69 Å². The van der Waals surface area contributed by atoms with Crippen LogP contribution in [0.5, 0.6) is 5.75 Å². The summed E-state index contributed by atoms with van der Waals surface area (Å²) in [7, 11) is 1.68. The molecule has 2 aromatic rings. The molecule has 0 saturated carbocycles. The molecule has 1 amide bonds. The number of rotatable bonds is 7. The Labute approximate surface area is 170 Å². The lowest BCUT2D eigenvalue weighted by Crippen LogP contribution is -2.44. The number of methoxy groups -OCH3 is 1. The first-order valence-corrected chi connectivity index (χ1v) is 10.9. The summed E-state index contributed by atoms with van der Waals surface area (Å²) < 4.78 is 11.2. The van der Waals surface area contributed by atoms with Crippen LogP contribution in [0.15, 0.2) is 35.7 Å². The van der Waals surface area contributed by atoms with Gasteiger partial charge in [0, 0.05) is 36.8 Å². The summed E-state index contributed by atoms with van der Waals surface area (Å²) in [5, 5.41) is 2.09. The highest BCUT2D eigenvalue weighted by atomic mass is 32.1. The maximum atomic E-state index is 13.2. The van der Waals surface area contributed by atoms with E-state index in [9.17, 15) is 4.79 Å². The second-order valence-electron chi connectivity index (χ2n) is 7.53. The monoisotopic (exact) mass is 400 g/mol. The standard InChI is InChI=1S/C22H28N2O3S/c1-26-18-8-9-21-17(13-18)5-2-10-24(21)22(25)16-23(14-19-6-3-11-27-19)15-20-7-4-12-28-20/h4,7-9,12-13,19H,2-3,5-6,10-11,14-16H2,1H3. The molecular formula is C22H28N2O3S. The van der Waals surface area contributed by atoms with Crippen molar-refractivity contribution in [3.63, 3.8) is 0 Å². The van der Waals surface area contributed by atoms with Crippen molar-refractivity contribution in [1.82, 2.24) is 4.90 Å². The summed E-state index contributed by atoms with van der Waals surface area (Å²) in [5.41, 5.74) is 2.23. The molecule has 150 valence electrons. The maximum Gasteiger partial charge on any atom is 0.241 e. The van der Waals surface area contributed by atoms with E-state index in [4.69, 9.17) is 9.47 Å². The van der Waals surface area contributed by atoms with Gasteiger partial charge in [-0.2, -0.15) is 0 Å². The van der Waals surface area contributed by atoms with Gasteiger partial charge in [0.1, 0.15) is 5.75 Å². The van der Waals surface area contributed by atoms with Crippen LogP contribution in [0.3, 0.4) is 0 Å². The number of carbonyl (C=O) groups is 1. The van der Waals surface area contributed by atoms with Crippen LogP contribution in [0.25, 0.3) is 0 Å². The van der Waals surface area contributed by atoms with Crippen molar-refractivity contribution in [2.75, 3.05) is 38.3 Å². The van der Waals surface area contributed by atoms with Gasteiger partial charge in [0.15, 0.2) is 0 Å². The van der Waals surface area contributed by atoms with Crippen molar-refractivity contribution in [3.05, 3.63) is 46.2 Å². The minimum atomic E-state index is 0.167. The molecule has 1 aromatic heterocycles. The highest BCUT2D eigenvalue weighted by Crippen LogP contribution is 2.31. The zero-order valence-electron chi connectivity index (χ0n) is 16.4. The molecular weight excluding hydrogens is 372 g/mol. The smallest absolute Gasteiger partial charge is 0.241 e. The van der Waals surface area contributed by atoms with E-state index in [0.29, 0.717) is 6.54 Å². The predicted octanol–water partition coefficient (Wildman–Crippen LogP) is 3.72. The minimum Gasteiger partial charge on any atom is -0.497 e. The fraction of sp³-hybridized carbons (Fsp3) is 0.500. The number of fused-ring (bicyclic) bond motifs is 1. The topological polar surface area (TPSA) is 42.0 Å². The lowest BCUT2D eigenvalue weighted by molar-refractivity contribution is -0.120. The Morgan fingerprint density at radius 2 is 2.29 bits per heavy atom. The Kier molecular flexibility index (Phi) is 6.29. The van der Waals surface area contributed by atoms with E-state index in [1.54, 1.807) is 18.4 Å². The molecule has 0 aliphatic carbocycles. The van der Waals surface area contributed by atoms with Crippen molar-refractivity contribution in [1.29, 1.82) is 0 Å². The number of aryl methyl sites for hydroxylation is 1. The largest absolute Gasteiger partial charge is 0.497 e. The summed E-state index contributed by atoms with van der Waals surface area (Å²) in [6.07, 6.45) is 4.42. The molecule has 1 aromatic carbocycles. The van der Waals surface area contributed by atoms with E-state index < -0.39 is 0 Å². The Bertz CT molecular complexity index is 787. The first-order valence-electron chi connectivity index (χ1n) is 10.1. The summed E-state index contributed by atoms with van der Waals surface area (Å²) in [6.45, 7) is 3.65. The summed E-state index contributed by atoms with van der Waals surface area (Å²) in [6, 6.07) is 10.2. The fourth-order valence-corrected chi connectivity index (χ4v) is 4.87. The van der Waals surface area contributed by atoms with Gasteiger partial charge in [-0.05, 0) is 60.9 Å². The quantitative estimate of drug-likeness (QED) is 0.710. The van der Waals surface area contributed by atoms with Crippen molar-refractivity contribution < 1.29 is 14.3 Å². The molecule has 6 heteroatoms. The number of benzene rings is 1. The molecule has 28 heavy (non-hydrogen) atoms. The number of amides is 1. The molecule has 2 aliphatic rings. The van der Waals surface area contributed by atoms with Gasteiger partial charge in [0.2, 0.25) is 5.91 Å². The second kappa shape index (κ2) is 9.07. The third-order valence-electron chi connectivity index (χ3n) is 5.51. The minimum absolute atomic E-state index is 0.167. The van der Waals surface area contributed by atoms with E-state index in [0.717, 1.165) is 63.4 Å². The number of thiophene rings is 1. The number of hydrogen-bond donors (Lipinski definition) is 0. The zero-order valence-corrected chi connectivity index (χ0v) is 17.2. The Hall–Kier alpha value is -1.89. The molecule has 0 spiro atoms. The van der Waals surface area contributed by atoms with Crippen LogP contribution >= 0.6 is 11.3 Å². The molecule has 0 N–H and O–H groups in total. The molecule has 3 heterocycles. The molecule has 1 atom stereocenters. The normalized spacial score (nSPS) is 19.1. The Morgan fingerprint density at radius 3 is 3.04 bits per heavy atom. The molecule has 1 saturated heterocycles. The van der Waals surface area contributed by atoms with E-state index in [2.05, 4.69) is 28.5 Å². The van der Waals surface area contributed by atoms with Crippen molar-refractivity contribution in [3.8, 4) is 5.75 Å². The first-order chi connectivity index (χ1) is 13.7. The SMILES string of the molecule is COc1ccc2c(c1)CCCN2C(=O)CN(Cc1cccs1)CC1CCCO1. The van der Waals surface area contributed by atoms with E-state index in [-0.39, 0.29) is 12.0 Å². The third-order valence-corrected chi connectivity index (χ3v) is 6.37. The van der Waals surface area contributed by atoms with E-state index in [1.807, 2.05) is 17.0 Å². The molecule has 0 bridgehead atoms. The van der Waals surface area contributed by atoms with E-state index in [1.165, 1.54) is 10.4 Å². The lowest BCUT2D eigenvalue weighted by Gasteiger charge is -2.32. The van der Waals surface area contributed by atoms with E-state index >= 15 is 0 Å². The average molecular weight is 401 g/mol. The summed E-state index contributed by atoms with van der Waals surface area (Å²) in [4.78, 5) is 18.7. The highest BCUT2D eigenvalue weighted by Gasteiger charge is 2.26. The molecule has 1 fully saturated rings. The van der Waals surface area contributed by atoms with Gasteiger partial charge in [-0.1, -0.05) is 6.07 Å². The maximum absolute atomic E-state index is 13.2. The number of nitrogens with zero attached hydrogens (tertiary/aromatic N) is 2.